The number of halogens is 2. The number of hydrazone groups is 1. The highest BCUT2D eigenvalue weighted by Gasteiger charge is 2.28. The fourth-order valence-corrected chi connectivity index (χ4v) is 5.60. The van der Waals surface area contributed by atoms with Crippen molar-refractivity contribution < 1.29 is 17.6 Å². The van der Waals surface area contributed by atoms with Gasteiger partial charge in [-0.3, -0.25) is 9.10 Å². The van der Waals surface area contributed by atoms with E-state index >= 15 is 0 Å². The molecule has 3 aromatic carbocycles. The maximum absolute atomic E-state index is 13.5. The van der Waals surface area contributed by atoms with E-state index in [2.05, 4.69) is 10.5 Å². The second-order valence-corrected chi connectivity index (χ2v) is 10.9. The first-order chi connectivity index (χ1) is 17.6. The number of rotatable bonds is 8. The van der Waals surface area contributed by atoms with Crippen molar-refractivity contribution in [1.29, 1.82) is 0 Å². The molecule has 0 saturated heterocycles. The predicted octanol–water partition coefficient (Wildman–Crippen LogP) is 6.22. The van der Waals surface area contributed by atoms with Gasteiger partial charge in [0.1, 0.15) is 18.1 Å². The molecule has 0 unspecified atom stereocenters. The monoisotopic (exact) mass is 555 g/mol. The topological polar surface area (TPSA) is 92.0 Å². The van der Waals surface area contributed by atoms with Crippen LogP contribution in [0.4, 0.5) is 5.69 Å². The zero-order chi connectivity index (χ0) is 26.6. The number of amides is 1. The lowest BCUT2D eigenvalue weighted by Gasteiger charge is -2.25. The molecule has 1 heterocycles. The molecule has 0 aliphatic rings. The van der Waals surface area contributed by atoms with Gasteiger partial charge in [-0.25, -0.2) is 13.8 Å². The van der Waals surface area contributed by atoms with Gasteiger partial charge in [0.2, 0.25) is 0 Å². The Morgan fingerprint density at radius 1 is 1.00 bits per heavy atom. The van der Waals surface area contributed by atoms with Gasteiger partial charge < -0.3 is 4.42 Å². The Morgan fingerprint density at radius 3 is 2.49 bits per heavy atom. The van der Waals surface area contributed by atoms with Gasteiger partial charge in [-0.2, -0.15) is 5.10 Å². The van der Waals surface area contributed by atoms with Crippen LogP contribution in [0.15, 0.2) is 93.3 Å². The van der Waals surface area contributed by atoms with Gasteiger partial charge in [0.25, 0.3) is 15.9 Å². The maximum Gasteiger partial charge on any atom is 0.264 e. The van der Waals surface area contributed by atoms with Crippen molar-refractivity contribution in [1.82, 2.24) is 5.43 Å². The molecular formula is C27H23Cl2N3O4S. The average molecular weight is 556 g/mol. The van der Waals surface area contributed by atoms with Crippen LogP contribution >= 0.6 is 23.2 Å². The minimum atomic E-state index is -4.02. The maximum atomic E-state index is 13.5. The number of hydrogen-bond acceptors (Lipinski definition) is 5. The first-order valence-corrected chi connectivity index (χ1v) is 13.4. The summed E-state index contributed by atoms with van der Waals surface area (Å²) in [5, 5.41) is 4.88. The van der Waals surface area contributed by atoms with E-state index in [4.69, 9.17) is 27.6 Å². The summed E-state index contributed by atoms with van der Waals surface area (Å²) >= 11 is 12.2. The SMILES string of the molecule is Cc1ccc(C)c(N(CC(=O)N/N=C\c2ccc(-c3ccc(Cl)cc3Cl)o2)S(=O)(=O)c2ccccc2)c1. The lowest BCUT2D eigenvalue weighted by molar-refractivity contribution is -0.119. The summed E-state index contributed by atoms with van der Waals surface area (Å²) in [6, 6.07) is 21.8. The zero-order valence-corrected chi connectivity index (χ0v) is 22.3. The summed E-state index contributed by atoms with van der Waals surface area (Å²) in [5.74, 6) is 0.248. The summed E-state index contributed by atoms with van der Waals surface area (Å²) in [6.07, 6.45) is 1.32. The van der Waals surface area contributed by atoms with Crippen molar-refractivity contribution in [2.45, 2.75) is 18.7 Å². The number of furan rings is 1. The molecular weight excluding hydrogens is 533 g/mol. The number of nitrogens with zero attached hydrogens (tertiary/aromatic N) is 2. The van der Waals surface area contributed by atoms with Crippen molar-refractivity contribution in [3.05, 3.63) is 106 Å². The third kappa shape index (κ3) is 6.22. The number of benzene rings is 3. The van der Waals surface area contributed by atoms with Crippen LogP contribution in [0.3, 0.4) is 0 Å². The molecule has 0 fully saturated rings. The number of carbonyl (C=O) groups is 1. The van der Waals surface area contributed by atoms with Crippen LogP contribution < -0.4 is 9.73 Å². The van der Waals surface area contributed by atoms with Crippen molar-refractivity contribution in [3.8, 4) is 11.3 Å². The van der Waals surface area contributed by atoms with E-state index in [1.807, 2.05) is 19.1 Å². The van der Waals surface area contributed by atoms with Crippen molar-refractivity contribution in [2.75, 3.05) is 10.8 Å². The molecule has 190 valence electrons. The van der Waals surface area contributed by atoms with Crippen LogP contribution in [-0.2, 0) is 14.8 Å². The molecule has 4 aromatic rings. The molecule has 0 aliphatic carbocycles. The van der Waals surface area contributed by atoms with Crippen molar-refractivity contribution in [2.24, 2.45) is 5.10 Å². The summed E-state index contributed by atoms with van der Waals surface area (Å²) < 4.78 is 33.8. The first-order valence-electron chi connectivity index (χ1n) is 11.2. The Kier molecular flexibility index (Phi) is 8.02. The van der Waals surface area contributed by atoms with Crippen molar-refractivity contribution >= 4 is 51.0 Å². The number of anilines is 1. The highest BCUT2D eigenvalue weighted by atomic mass is 35.5. The Bertz CT molecular complexity index is 1570. The van der Waals surface area contributed by atoms with Crippen LogP contribution in [0.1, 0.15) is 16.9 Å². The first kappa shape index (κ1) is 26.5. The second-order valence-electron chi connectivity index (χ2n) is 8.23. The van der Waals surface area contributed by atoms with E-state index in [1.54, 1.807) is 61.5 Å². The highest BCUT2D eigenvalue weighted by molar-refractivity contribution is 7.92. The molecule has 1 aromatic heterocycles. The fourth-order valence-electron chi connectivity index (χ4n) is 3.60. The van der Waals surface area contributed by atoms with Gasteiger partial charge in [0.05, 0.1) is 21.8 Å². The van der Waals surface area contributed by atoms with E-state index < -0.39 is 22.5 Å². The van der Waals surface area contributed by atoms with E-state index in [1.165, 1.54) is 18.3 Å². The molecule has 0 spiro atoms. The van der Waals surface area contributed by atoms with E-state index in [0.29, 0.717) is 38.4 Å². The smallest absolute Gasteiger partial charge is 0.264 e. The number of carbonyl (C=O) groups excluding carboxylic acids is 1. The van der Waals surface area contributed by atoms with Crippen LogP contribution in [0.2, 0.25) is 10.0 Å². The lowest BCUT2D eigenvalue weighted by Crippen LogP contribution is -2.40. The van der Waals surface area contributed by atoms with Gasteiger partial charge in [-0.15, -0.1) is 0 Å². The summed E-state index contributed by atoms with van der Waals surface area (Å²) in [4.78, 5) is 12.9. The van der Waals surface area contributed by atoms with Gasteiger partial charge in [-0.05, 0) is 73.5 Å². The van der Waals surface area contributed by atoms with Crippen LogP contribution in [0.5, 0.6) is 0 Å². The van der Waals surface area contributed by atoms with E-state index in [0.717, 1.165) is 9.87 Å². The van der Waals surface area contributed by atoms with Crippen LogP contribution in [-0.4, -0.2) is 27.1 Å². The number of hydrogen-bond donors (Lipinski definition) is 1. The molecule has 0 atom stereocenters. The van der Waals surface area contributed by atoms with Gasteiger partial charge >= 0.3 is 0 Å². The minimum Gasteiger partial charge on any atom is -0.455 e. The Hall–Kier alpha value is -3.59. The van der Waals surface area contributed by atoms with Crippen LogP contribution in [0, 0.1) is 13.8 Å². The van der Waals surface area contributed by atoms with Gasteiger partial charge in [-0.1, -0.05) is 53.5 Å². The zero-order valence-electron chi connectivity index (χ0n) is 20.0. The molecule has 37 heavy (non-hydrogen) atoms. The predicted molar refractivity (Wildman–Crippen MR) is 147 cm³/mol. The number of aryl methyl sites for hydroxylation is 2. The summed E-state index contributed by atoms with van der Waals surface area (Å²) in [7, 11) is -4.02. The molecule has 1 N–H and O–H groups in total. The molecule has 0 bridgehead atoms. The Labute approximate surface area is 225 Å². The highest BCUT2D eigenvalue weighted by Crippen LogP contribution is 2.31. The average Bonchev–Trinajstić information content (AvgIpc) is 3.33. The van der Waals surface area contributed by atoms with E-state index in [9.17, 15) is 13.2 Å². The quantitative estimate of drug-likeness (QED) is 0.206. The molecule has 1 amide bonds. The van der Waals surface area contributed by atoms with E-state index in [-0.39, 0.29) is 4.90 Å². The van der Waals surface area contributed by atoms with Crippen LogP contribution in [0.25, 0.3) is 11.3 Å². The molecule has 0 radical (unpaired) electrons. The third-order valence-corrected chi connectivity index (χ3v) is 7.78. The molecule has 10 heteroatoms. The van der Waals surface area contributed by atoms with Crippen molar-refractivity contribution in [3.63, 3.8) is 0 Å². The fraction of sp³-hybridized carbons (Fsp3) is 0.111. The largest absolute Gasteiger partial charge is 0.455 e. The normalized spacial score (nSPS) is 11.6. The molecule has 4 rings (SSSR count). The standard InChI is InChI=1S/C27H23Cl2N3O4S/c1-18-8-9-19(2)25(14-18)32(37(34,35)22-6-4-3-5-7-22)17-27(33)31-30-16-21-11-13-26(36-21)23-12-10-20(28)15-24(23)29/h3-16H,17H2,1-2H3,(H,31,33)/b30-16-. The summed E-state index contributed by atoms with van der Waals surface area (Å²) in [6.45, 7) is 3.18. The number of sulfonamides is 1. The molecule has 0 aliphatic heterocycles. The number of nitrogens with one attached hydrogen (secondary N) is 1. The lowest BCUT2D eigenvalue weighted by atomic mass is 10.1. The second kappa shape index (κ2) is 11.2. The molecule has 7 nitrogen and oxygen atoms in total. The minimum absolute atomic E-state index is 0.0798. The van der Waals surface area contributed by atoms with Gasteiger partial charge in [0.15, 0.2) is 0 Å². The third-order valence-electron chi connectivity index (χ3n) is 5.46. The molecule has 0 saturated carbocycles. The summed E-state index contributed by atoms with van der Waals surface area (Å²) in [5.41, 5.74) is 5.03. The Balaban J connectivity index is 1.53. The van der Waals surface area contributed by atoms with Gasteiger partial charge in [0, 0.05) is 10.6 Å². The Morgan fingerprint density at radius 2 is 1.76 bits per heavy atom.